The van der Waals surface area contributed by atoms with E-state index in [-0.39, 0.29) is 34.5 Å². The fraction of sp³-hybridized carbons (Fsp3) is 0.600. The van der Waals surface area contributed by atoms with Crippen LogP contribution in [0.1, 0.15) is 96.0 Å². The molecule has 2 rings (SSSR count). The Hall–Kier alpha value is -0.390. The summed E-state index contributed by atoms with van der Waals surface area (Å²) in [6.07, 6.45) is 17.3. The molecular formula is C25H37NaO3S. The zero-order valence-corrected chi connectivity index (χ0v) is 21.8. The fourth-order valence-corrected chi connectivity index (χ4v) is 5.06. The predicted molar refractivity (Wildman–Crippen MR) is 121 cm³/mol. The van der Waals surface area contributed by atoms with Crippen LogP contribution in [0.25, 0.3) is 10.8 Å². The molecule has 0 aliphatic carbocycles. The molecule has 0 atom stereocenters. The van der Waals surface area contributed by atoms with Crippen LogP contribution >= 0.6 is 0 Å². The zero-order valence-electron chi connectivity index (χ0n) is 19.0. The van der Waals surface area contributed by atoms with Crippen LogP contribution in [-0.4, -0.2) is 13.0 Å². The molecule has 0 fully saturated rings. The minimum atomic E-state index is -4.48. The molecule has 2 aromatic carbocycles. The summed E-state index contributed by atoms with van der Waals surface area (Å²) in [7, 11) is -4.48. The number of aryl methyl sites for hydroxylation is 1. The van der Waals surface area contributed by atoms with Crippen LogP contribution in [0, 0.1) is 0 Å². The summed E-state index contributed by atoms with van der Waals surface area (Å²) in [5.41, 5.74) is 0.668. The summed E-state index contributed by atoms with van der Waals surface area (Å²) in [6.45, 7) is 2.26. The Kier molecular flexibility index (Phi) is 14.2. The van der Waals surface area contributed by atoms with E-state index in [9.17, 15) is 13.0 Å². The van der Waals surface area contributed by atoms with E-state index in [1.807, 2.05) is 24.3 Å². The maximum atomic E-state index is 11.8. The Bertz CT molecular complexity index is 833. The molecule has 0 radical (unpaired) electrons. The summed E-state index contributed by atoms with van der Waals surface area (Å²) < 4.78 is 35.5. The summed E-state index contributed by atoms with van der Waals surface area (Å²) in [5.74, 6) is 0. The standard InChI is InChI=1S/C25H38O3S.Na/c1-2-3-4-5-6-7-8-9-10-11-12-13-14-18-23-21-20-22-17-15-16-19-24(22)25(23)29(26,27)28;/h15-17,19-21H,2-14,18H2,1H3,(H,26,27,28);/q;+1/p-1. The van der Waals surface area contributed by atoms with E-state index in [0.29, 0.717) is 17.4 Å². The van der Waals surface area contributed by atoms with Gasteiger partial charge in [-0.3, -0.25) is 0 Å². The first-order valence-corrected chi connectivity index (χ1v) is 12.9. The topological polar surface area (TPSA) is 57.2 Å². The molecule has 2 aromatic rings. The van der Waals surface area contributed by atoms with Gasteiger partial charge in [-0.2, -0.15) is 0 Å². The predicted octanol–water partition coefficient (Wildman–Crippen LogP) is 4.38. The van der Waals surface area contributed by atoms with E-state index in [0.717, 1.165) is 18.2 Å². The molecule has 0 aliphatic heterocycles. The third-order valence-electron chi connectivity index (χ3n) is 5.76. The smallest absolute Gasteiger partial charge is 0.744 e. The van der Waals surface area contributed by atoms with Crippen molar-refractivity contribution in [1.82, 2.24) is 0 Å². The second kappa shape index (κ2) is 15.4. The van der Waals surface area contributed by atoms with Gasteiger partial charge in [-0.05, 0) is 29.2 Å². The Balaban J connectivity index is 0.00000450. The van der Waals surface area contributed by atoms with Crippen molar-refractivity contribution in [1.29, 1.82) is 0 Å². The van der Waals surface area contributed by atoms with E-state index < -0.39 is 10.1 Å². The van der Waals surface area contributed by atoms with Gasteiger partial charge in [-0.15, -0.1) is 0 Å². The van der Waals surface area contributed by atoms with Crippen molar-refractivity contribution in [3.63, 3.8) is 0 Å². The van der Waals surface area contributed by atoms with Crippen molar-refractivity contribution in [2.75, 3.05) is 0 Å². The molecule has 0 aliphatic rings. The van der Waals surface area contributed by atoms with Crippen LogP contribution in [0.15, 0.2) is 41.3 Å². The molecule has 0 aromatic heterocycles. The summed E-state index contributed by atoms with van der Waals surface area (Å²) in [5, 5.41) is 1.35. The molecule has 0 bridgehead atoms. The molecule has 0 saturated carbocycles. The van der Waals surface area contributed by atoms with E-state index in [1.165, 1.54) is 70.6 Å². The molecule has 0 N–H and O–H groups in total. The second-order valence-electron chi connectivity index (χ2n) is 8.22. The third kappa shape index (κ3) is 9.82. The monoisotopic (exact) mass is 440 g/mol. The Labute approximate surface area is 206 Å². The number of hydrogen-bond acceptors (Lipinski definition) is 3. The molecule has 0 heterocycles. The van der Waals surface area contributed by atoms with Gasteiger partial charge in [0.25, 0.3) is 0 Å². The van der Waals surface area contributed by atoms with Gasteiger partial charge in [0.05, 0.1) is 4.90 Å². The summed E-state index contributed by atoms with van der Waals surface area (Å²) in [4.78, 5) is -0.0189. The Morgan fingerprint density at radius 1 is 0.700 bits per heavy atom. The molecule has 0 spiro atoms. The first-order valence-electron chi connectivity index (χ1n) is 11.5. The van der Waals surface area contributed by atoms with Crippen molar-refractivity contribution >= 4 is 20.9 Å². The van der Waals surface area contributed by atoms with Gasteiger partial charge >= 0.3 is 29.6 Å². The molecule has 5 heteroatoms. The van der Waals surface area contributed by atoms with Crippen LogP contribution in [0.5, 0.6) is 0 Å². The zero-order chi connectivity index (χ0) is 21.0. The van der Waals surface area contributed by atoms with Gasteiger partial charge in [0, 0.05) is 0 Å². The number of benzene rings is 2. The normalized spacial score (nSPS) is 11.5. The Morgan fingerprint density at radius 2 is 1.20 bits per heavy atom. The average Bonchev–Trinajstić information content (AvgIpc) is 2.70. The van der Waals surface area contributed by atoms with Crippen molar-refractivity contribution < 1.29 is 42.5 Å². The minimum Gasteiger partial charge on any atom is -0.744 e. The molecule has 0 saturated heterocycles. The van der Waals surface area contributed by atoms with E-state index in [4.69, 9.17) is 0 Å². The first kappa shape index (κ1) is 27.6. The van der Waals surface area contributed by atoms with Gasteiger partial charge < -0.3 is 4.55 Å². The number of fused-ring (bicyclic) bond motifs is 1. The molecule has 0 unspecified atom stereocenters. The fourth-order valence-electron chi connectivity index (χ4n) is 4.11. The maximum Gasteiger partial charge on any atom is 1.00 e. The van der Waals surface area contributed by atoms with Crippen molar-refractivity contribution in [3.8, 4) is 0 Å². The SMILES string of the molecule is CCCCCCCCCCCCCCCc1ccc2ccccc2c1S(=O)(=O)[O-].[Na+]. The molecule has 0 amide bonds. The van der Waals surface area contributed by atoms with E-state index in [1.54, 1.807) is 12.1 Å². The van der Waals surface area contributed by atoms with Crippen molar-refractivity contribution in [2.24, 2.45) is 0 Å². The van der Waals surface area contributed by atoms with Gasteiger partial charge in [0.15, 0.2) is 0 Å². The first-order chi connectivity index (χ1) is 14.0. The summed E-state index contributed by atoms with van der Waals surface area (Å²) >= 11 is 0. The van der Waals surface area contributed by atoms with Crippen LogP contribution < -0.4 is 29.6 Å². The molecular weight excluding hydrogens is 403 g/mol. The molecule has 162 valence electrons. The Morgan fingerprint density at radius 3 is 1.73 bits per heavy atom. The van der Waals surface area contributed by atoms with Crippen molar-refractivity contribution in [2.45, 2.75) is 102 Å². The van der Waals surface area contributed by atoms with Crippen LogP contribution in [0.2, 0.25) is 0 Å². The molecule has 30 heavy (non-hydrogen) atoms. The third-order valence-corrected chi connectivity index (χ3v) is 6.74. The maximum absolute atomic E-state index is 11.8. The van der Waals surface area contributed by atoms with Crippen LogP contribution in [0.4, 0.5) is 0 Å². The second-order valence-corrected chi connectivity index (χ2v) is 9.54. The van der Waals surface area contributed by atoms with Crippen LogP contribution in [-0.2, 0) is 16.5 Å². The van der Waals surface area contributed by atoms with Gasteiger partial charge in [0.1, 0.15) is 10.1 Å². The average molecular weight is 441 g/mol. The van der Waals surface area contributed by atoms with E-state index >= 15 is 0 Å². The van der Waals surface area contributed by atoms with Crippen molar-refractivity contribution in [3.05, 3.63) is 42.0 Å². The molecule has 3 nitrogen and oxygen atoms in total. The number of hydrogen-bond donors (Lipinski definition) is 0. The summed E-state index contributed by atoms with van der Waals surface area (Å²) in [6, 6.07) is 10.9. The van der Waals surface area contributed by atoms with Crippen LogP contribution in [0.3, 0.4) is 0 Å². The number of unbranched alkanes of at least 4 members (excludes halogenated alkanes) is 12. The number of rotatable bonds is 15. The minimum absolute atomic E-state index is 0. The van der Waals surface area contributed by atoms with Gasteiger partial charge in [-0.25, -0.2) is 8.42 Å². The largest absolute Gasteiger partial charge is 1.00 e. The van der Waals surface area contributed by atoms with E-state index in [2.05, 4.69) is 6.92 Å². The quantitative estimate of drug-likeness (QED) is 0.235. The van der Waals surface area contributed by atoms with Gasteiger partial charge in [-0.1, -0.05) is 120 Å². The van der Waals surface area contributed by atoms with Gasteiger partial charge in [0.2, 0.25) is 0 Å².